The van der Waals surface area contributed by atoms with E-state index in [-0.39, 0.29) is 11.9 Å². The monoisotopic (exact) mass is 323 g/mol. The van der Waals surface area contributed by atoms with E-state index in [4.69, 9.17) is 4.74 Å². The molecule has 0 bridgehead atoms. The molecule has 2 aromatic carbocycles. The molecule has 2 aromatic rings. The predicted molar refractivity (Wildman–Crippen MR) is 98.2 cm³/mol. The Morgan fingerprint density at radius 1 is 1.25 bits per heavy atom. The van der Waals surface area contributed by atoms with Gasteiger partial charge in [0.05, 0.1) is 7.11 Å². The van der Waals surface area contributed by atoms with Crippen molar-refractivity contribution < 1.29 is 9.53 Å². The number of amides is 1. The fourth-order valence-corrected chi connectivity index (χ4v) is 3.56. The fraction of sp³-hybridized carbons (Fsp3) is 0.381. The summed E-state index contributed by atoms with van der Waals surface area (Å²) in [6, 6.07) is 12.4. The van der Waals surface area contributed by atoms with Gasteiger partial charge >= 0.3 is 0 Å². The lowest BCUT2D eigenvalue weighted by atomic mass is 9.95. The van der Waals surface area contributed by atoms with Crippen LogP contribution in [0.2, 0.25) is 0 Å². The van der Waals surface area contributed by atoms with Crippen LogP contribution in [0.4, 0.5) is 5.69 Å². The van der Waals surface area contributed by atoms with Crippen LogP contribution in [0.15, 0.2) is 36.4 Å². The molecule has 1 amide bonds. The zero-order valence-corrected chi connectivity index (χ0v) is 15.1. The van der Waals surface area contributed by atoms with Crippen molar-refractivity contribution in [3.8, 4) is 5.75 Å². The van der Waals surface area contributed by atoms with Crippen molar-refractivity contribution in [1.82, 2.24) is 0 Å². The minimum absolute atomic E-state index is 0.0782. The summed E-state index contributed by atoms with van der Waals surface area (Å²) in [4.78, 5) is 15.2. The molecular formula is C21H25NO2. The van der Waals surface area contributed by atoms with Crippen molar-refractivity contribution in [2.75, 3.05) is 12.0 Å². The van der Waals surface area contributed by atoms with Crippen molar-refractivity contribution in [3.63, 3.8) is 0 Å². The highest BCUT2D eigenvalue weighted by molar-refractivity contribution is 6.08. The molecule has 3 rings (SSSR count). The SMILES string of the molecule is COc1cc(C)c(C(=O)N2c3ccccc3CC2C)cc1C(C)C. The van der Waals surface area contributed by atoms with Crippen molar-refractivity contribution >= 4 is 11.6 Å². The number of carbonyl (C=O) groups excluding carboxylic acids is 1. The highest BCUT2D eigenvalue weighted by Gasteiger charge is 2.32. The lowest BCUT2D eigenvalue weighted by Gasteiger charge is -2.25. The minimum atomic E-state index is 0.0782. The van der Waals surface area contributed by atoms with Crippen LogP contribution in [0.3, 0.4) is 0 Å². The van der Waals surface area contributed by atoms with Crippen LogP contribution in [-0.4, -0.2) is 19.1 Å². The van der Waals surface area contributed by atoms with Crippen LogP contribution in [0.1, 0.15) is 53.7 Å². The number of carbonyl (C=O) groups is 1. The second kappa shape index (κ2) is 6.31. The predicted octanol–water partition coefficient (Wildman–Crippen LogP) is 4.72. The maximum atomic E-state index is 13.3. The van der Waals surface area contributed by atoms with E-state index in [0.29, 0.717) is 5.92 Å². The first-order valence-electron chi connectivity index (χ1n) is 8.54. The highest BCUT2D eigenvalue weighted by atomic mass is 16.5. The number of nitrogens with zero attached hydrogens (tertiary/aromatic N) is 1. The second-order valence-corrected chi connectivity index (χ2v) is 6.92. The molecule has 1 heterocycles. The first-order chi connectivity index (χ1) is 11.4. The van der Waals surface area contributed by atoms with Gasteiger partial charge in [-0.05, 0) is 61.1 Å². The summed E-state index contributed by atoms with van der Waals surface area (Å²) >= 11 is 0. The van der Waals surface area contributed by atoms with Crippen LogP contribution in [-0.2, 0) is 6.42 Å². The summed E-state index contributed by atoms with van der Waals surface area (Å²) in [5.41, 5.74) is 5.08. The molecule has 3 heteroatoms. The van der Waals surface area contributed by atoms with Gasteiger partial charge in [0.15, 0.2) is 0 Å². The van der Waals surface area contributed by atoms with E-state index in [1.165, 1.54) is 5.56 Å². The number of benzene rings is 2. The second-order valence-electron chi connectivity index (χ2n) is 6.92. The largest absolute Gasteiger partial charge is 0.496 e. The summed E-state index contributed by atoms with van der Waals surface area (Å²) < 4.78 is 5.50. The number of ether oxygens (including phenoxy) is 1. The number of aryl methyl sites for hydroxylation is 1. The van der Waals surface area contributed by atoms with Gasteiger partial charge in [-0.15, -0.1) is 0 Å². The van der Waals surface area contributed by atoms with E-state index in [1.54, 1.807) is 7.11 Å². The molecule has 0 saturated carbocycles. The quantitative estimate of drug-likeness (QED) is 0.818. The molecule has 3 nitrogen and oxygen atoms in total. The van der Waals surface area contributed by atoms with E-state index in [0.717, 1.165) is 34.5 Å². The fourth-order valence-electron chi connectivity index (χ4n) is 3.56. The number of hydrogen-bond donors (Lipinski definition) is 0. The topological polar surface area (TPSA) is 29.5 Å². The molecule has 1 aliphatic heterocycles. The third kappa shape index (κ3) is 2.68. The van der Waals surface area contributed by atoms with Crippen molar-refractivity contribution in [2.45, 2.75) is 46.1 Å². The van der Waals surface area contributed by atoms with Gasteiger partial charge in [-0.3, -0.25) is 4.79 Å². The van der Waals surface area contributed by atoms with Gasteiger partial charge in [0, 0.05) is 17.3 Å². The van der Waals surface area contributed by atoms with Crippen LogP contribution in [0, 0.1) is 6.92 Å². The third-order valence-electron chi connectivity index (χ3n) is 4.86. The molecule has 0 spiro atoms. The first kappa shape index (κ1) is 16.6. The van der Waals surface area contributed by atoms with Crippen molar-refractivity contribution in [1.29, 1.82) is 0 Å². The van der Waals surface area contributed by atoms with Gasteiger partial charge in [-0.25, -0.2) is 0 Å². The van der Waals surface area contributed by atoms with Gasteiger partial charge in [0.1, 0.15) is 5.75 Å². The number of para-hydroxylation sites is 1. The molecule has 24 heavy (non-hydrogen) atoms. The third-order valence-corrected chi connectivity index (χ3v) is 4.86. The molecule has 0 aliphatic carbocycles. The number of fused-ring (bicyclic) bond motifs is 1. The first-order valence-corrected chi connectivity index (χ1v) is 8.54. The Morgan fingerprint density at radius 3 is 2.62 bits per heavy atom. The number of rotatable bonds is 3. The molecule has 126 valence electrons. The Morgan fingerprint density at radius 2 is 1.96 bits per heavy atom. The summed E-state index contributed by atoms with van der Waals surface area (Å²) in [7, 11) is 1.68. The number of methoxy groups -OCH3 is 1. The van der Waals surface area contributed by atoms with Gasteiger partial charge in [0.2, 0.25) is 0 Å². The lowest BCUT2D eigenvalue weighted by molar-refractivity contribution is 0.0980. The van der Waals surface area contributed by atoms with Gasteiger partial charge in [0.25, 0.3) is 5.91 Å². The van der Waals surface area contributed by atoms with E-state index >= 15 is 0 Å². The number of hydrogen-bond acceptors (Lipinski definition) is 2. The normalized spacial score (nSPS) is 16.4. The van der Waals surface area contributed by atoms with Crippen LogP contribution < -0.4 is 9.64 Å². The molecule has 0 N–H and O–H groups in total. The maximum Gasteiger partial charge on any atom is 0.258 e. The summed E-state index contributed by atoms with van der Waals surface area (Å²) in [5, 5.41) is 0. The van der Waals surface area contributed by atoms with Gasteiger partial charge in [-0.2, -0.15) is 0 Å². The Kier molecular flexibility index (Phi) is 4.35. The Balaban J connectivity index is 2.06. The molecule has 1 unspecified atom stereocenters. The van der Waals surface area contributed by atoms with Crippen LogP contribution in [0.5, 0.6) is 5.75 Å². The molecular weight excluding hydrogens is 298 g/mol. The van der Waals surface area contributed by atoms with Crippen LogP contribution >= 0.6 is 0 Å². The van der Waals surface area contributed by atoms with Crippen LogP contribution in [0.25, 0.3) is 0 Å². The van der Waals surface area contributed by atoms with E-state index in [9.17, 15) is 4.79 Å². The summed E-state index contributed by atoms with van der Waals surface area (Å²) in [5.74, 6) is 1.24. The molecule has 1 atom stereocenters. The smallest absolute Gasteiger partial charge is 0.258 e. The van der Waals surface area contributed by atoms with Crippen molar-refractivity contribution in [2.24, 2.45) is 0 Å². The molecule has 0 saturated heterocycles. The Bertz CT molecular complexity index is 779. The van der Waals surface area contributed by atoms with E-state index < -0.39 is 0 Å². The Labute approximate surface area is 144 Å². The zero-order chi connectivity index (χ0) is 17.4. The van der Waals surface area contributed by atoms with E-state index in [1.807, 2.05) is 42.2 Å². The highest BCUT2D eigenvalue weighted by Crippen LogP contribution is 2.35. The minimum Gasteiger partial charge on any atom is -0.496 e. The van der Waals surface area contributed by atoms with E-state index in [2.05, 4.69) is 26.8 Å². The molecule has 0 aromatic heterocycles. The summed E-state index contributed by atoms with van der Waals surface area (Å²) in [6.45, 7) is 8.33. The average Bonchev–Trinajstić information content (AvgIpc) is 2.89. The van der Waals surface area contributed by atoms with Crippen molar-refractivity contribution in [3.05, 3.63) is 58.7 Å². The number of anilines is 1. The summed E-state index contributed by atoms with van der Waals surface area (Å²) in [6.07, 6.45) is 0.911. The van der Waals surface area contributed by atoms with Gasteiger partial charge < -0.3 is 9.64 Å². The maximum absolute atomic E-state index is 13.3. The molecule has 0 fully saturated rings. The zero-order valence-electron chi connectivity index (χ0n) is 15.1. The molecule has 1 aliphatic rings. The molecule has 0 radical (unpaired) electrons. The lowest BCUT2D eigenvalue weighted by Crippen LogP contribution is -2.36. The Hall–Kier alpha value is -2.29. The van der Waals surface area contributed by atoms with Gasteiger partial charge in [-0.1, -0.05) is 32.0 Å². The average molecular weight is 323 g/mol. The standard InChI is InChI=1S/C21H25NO2/c1-13(2)17-12-18(14(3)10-20(17)24-5)21(23)22-15(4)11-16-8-6-7-9-19(16)22/h6-10,12-13,15H,11H2,1-5H3.